The lowest BCUT2D eigenvalue weighted by atomic mass is 11.5. The van der Waals surface area contributed by atoms with E-state index in [1.807, 2.05) is 0 Å². The van der Waals surface area contributed by atoms with Crippen LogP contribution in [0.5, 0.6) is 0 Å². The van der Waals surface area contributed by atoms with E-state index >= 15 is 0 Å². The fraction of sp³-hybridized carbons (Fsp3) is 0.500. The quantitative estimate of drug-likeness (QED) is 0.350. The Labute approximate surface area is 34.1 Å². The van der Waals surface area contributed by atoms with Crippen molar-refractivity contribution in [1.29, 1.82) is 0 Å². The topological polar surface area (TPSA) is 38.3 Å². The number of hydrogen-bond acceptors (Lipinski definition) is 3. The van der Waals surface area contributed by atoms with Gasteiger partial charge in [0.1, 0.15) is 0 Å². The van der Waals surface area contributed by atoms with Gasteiger partial charge in [0, 0.05) is 11.1 Å². The summed E-state index contributed by atoms with van der Waals surface area (Å²) in [6.45, 7) is -2.40. The van der Waals surface area contributed by atoms with Crippen molar-refractivity contribution in [2.24, 2.45) is 0 Å². The zero-order valence-electron chi connectivity index (χ0n) is 5.39. The molecule has 0 saturated heterocycles. The molecule has 0 saturated carbocycles. The standard InChI is InChI=1S/C2H5NO2/c1-3-5-2-4/h2-3H,1H3/i1D3. The smallest absolute Gasteiger partial charge is 0.312 e. The summed E-state index contributed by atoms with van der Waals surface area (Å²) >= 11 is 0. The highest BCUT2D eigenvalue weighted by Gasteiger charge is 1.57. The molecule has 0 unspecified atom stereocenters. The van der Waals surface area contributed by atoms with Crippen LogP contribution in [0.25, 0.3) is 0 Å². The van der Waals surface area contributed by atoms with Crippen LogP contribution < -0.4 is 5.48 Å². The average Bonchev–Trinajstić information content (AvgIpc) is 1.59. The van der Waals surface area contributed by atoms with E-state index < -0.39 is 6.98 Å². The number of rotatable bonds is 2. The minimum atomic E-state index is -2.40. The van der Waals surface area contributed by atoms with Crippen molar-refractivity contribution in [3.63, 3.8) is 0 Å². The van der Waals surface area contributed by atoms with Gasteiger partial charge < -0.3 is 4.84 Å². The zero-order valence-corrected chi connectivity index (χ0v) is 2.39. The molecule has 0 spiro atoms. The van der Waals surface area contributed by atoms with Gasteiger partial charge in [-0.2, -0.15) is 5.48 Å². The summed E-state index contributed by atoms with van der Waals surface area (Å²) < 4.78 is 19.1. The van der Waals surface area contributed by atoms with E-state index in [1.54, 1.807) is 0 Å². The van der Waals surface area contributed by atoms with Gasteiger partial charge in [0.2, 0.25) is 0 Å². The minimum absolute atomic E-state index is 0.00632. The number of carbonyl (C=O) groups is 1. The number of carbonyl (C=O) groups excluding carboxylic acids is 1. The number of hydroxylamine groups is 1. The fourth-order valence-electron chi connectivity index (χ4n) is 0.0241. The maximum Gasteiger partial charge on any atom is 0.312 e. The van der Waals surface area contributed by atoms with Gasteiger partial charge in [0.05, 0.1) is 0 Å². The second-order valence-corrected chi connectivity index (χ2v) is 0.316. The van der Waals surface area contributed by atoms with Crippen molar-refractivity contribution in [1.82, 2.24) is 5.48 Å². The van der Waals surface area contributed by atoms with Crippen LogP contribution in [0.4, 0.5) is 0 Å². The third kappa shape index (κ3) is 3.43. The van der Waals surface area contributed by atoms with Crippen LogP contribution in [0.1, 0.15) is 4.11 Å². The Kier molecular flexibility index (Phi) is 0.865. The molecule has 0 fully saturated rings. The molecule has 0 atom stereocenters. The summed E-state index contributed by atoms with van der Waals surface area (Å²) in [4.78, 5) is 13.0. The molecule has 0 rings (SSSR count). The number of nitrogens with one attached hydrogen (secondary N) is 1. The van der Waals surface area contributed by atoms with Gasteiger partial charge in [-0.1, -0.05) is 0 Å². The SMILES string of the molecule is [2H]C([2H])([2H])NOC=O. The molecular weight excluding hydrogens is 70.0 g/mol. The van der Waals surface area contributed by atoms with Gasteiger partial charge in [-0.15, -0.1) is 0 Å². The Bertz CT molecular complexity index is 79.8. The largest absolute Gasteiger partial charge is 0.374 e. The second kappa shape index (κ2) is 3.43. The van der Waals surface area contributed by atoms with Crippen LogP contribution >= 0.6 is 0 Å². The molecule has 0 aliphatic rings. The van der Waals surface area contributed by atoms with Gasteiger partial charge in [0.15, 0.2) is 0 Å². The Hall–Kier alpha value is -0.570. The maximum absolute atomic E-state index is 9.32. The molecule has 0 heterocycles. The Morgan fingerprint density at radius 1 is 2.40 bits per heavy atom. The van der Waals surface area contributed by atoms with Gasteiger partial charge in [-0.3, -0.25) is 4.79 Å². The van der Waals surface area contributed by atoms with Crippen LogP contribution in [0.3, 0.4) is 0 Å². The van der Waals surface area contributed by atoms with E-state index in [1.165, 1.54) is 5.48 Å². The van der Waals surface area contributed by atoms with E-state index in [0.29, 0.717) is 0 Å². The molecule has 0 bridgehead atoms. The van der Waals surface area contributed by atoms with Gasteiger partial charge in [0.25, 0.3) is 0 Å². The van der Waals surface area contributed by atoms with Crippen LogP contribution in [-0.2, 0) is 9.63 Å². The highest BCUT2D eigenvalue weighted by Crippen LogP contribution is 1.38. The lowest BCUT2D eigenvalue weighted by molar-refractivity contribution is -0.134. The molecule has 0 aliphatic carbocycles. The normalized spacial score (nSPS) is 18.0. The van der Waals surface area contributed by atoms with E-state index in [-0.39, 0.29) is 6.47 Å². The molecule has 0 amide bonds. The summed E-state index contributed by atoms with van der Waals surface area (Å²) in [5.74, 6) is 0. The van der Waals surface area contributed by atoms with Crippen molar-refractivity contribution < 1.29 is 13.7 Å². The number of hydrogen-bond donors (Lipinski definition) is 1. The van der Waals surface area contributed by atoms with Gasteiger partial charge >= 0.3 is 6.47 Å². The Morgan fingerprint density at radius 3 is 3.40 bits per heavy atom. The zero-order chi connectivity index (χ0) is 6.62. The monoisotopic (exact) mass is 78.1 g/mol. The predicted molar refractivity (Wildman–Crippen MR) is 16.2 cm³/mol. The van der Waals surface area contributed by atoms with Gasteiger partial charge in [-0.05, 0) is 0 Å². The maximum atomic E-state index is 9.32. The van der Waals surface area contributed by atoms with Crippen molar-refractivity contribution in [3.05, 3.63) is 0 Å². The summed E-state index contributed by atoms with van der Waals surface area (Å²) in [7, 11) is 0. The van der Waals surface area contributed by atoms with Crippen LogP contribution in [-0.4, -0.2) is 13.4 Å². The van der Waals surface area contributed by atoms with Crippen molar-refractivity contribution in [3.8, 4) is 0 Å². The predicted octanol–water partition coefficient (Wildman–Crippen LogP) is -0.706. The van der Waals surface area contributed by atoms with Crippen LogP contribution in [0, 0.1) is 0 Å². The highest BCUT2D eigenvalue weighted by atomic mass is 16.7. The Morgan fingerprint density at radius 2 is 3.20 bits per heavy atom. The first-order chi connectivity index (χ1) is 3.56. The van der Waals surface area contributed by atoms with E-state index in [9.17, 15) is 4.79 Å². The molecule has 0 aromatic heterocycles. The lowest BCUT2D eigenvalue weighted by Gasteiger charge is -1.82. The molecule has 0 aromatic carbocycles. The van der Waals surface area contributed by atoms with Crippen LogP contribution in [0.15, 0.2) is 0 Å². The summed E-state index contributed by atoms with van der Waals surface area (Å²) in [6, 6.07) is 0. The summed E-state index contributed by atoms with van der Waals surface area (Å²) in [5, 5.41) is 0. The van der Waals surface area contributed by atoms with Crippen molar-refractivity contribution in [2.75, 3.05) is 6.98 Å². The second-order valence-electron chi connectivity index (χ2n) is 0.316. The van der Waals surface area contributed by atoms with Crippen LogP contribution in [0.2, 0.25) is 0 Å². The average molecular weight is 78.1 g/mol. The van der Waals surface area contributed by atoms with E-state index in [2.05, 4.69) is 4.84 Å². The summed E-state index contributed by atoms with van der Waals surface area (Å²) in [6.07, 6.45) is 0. The third-order valence-electron chi connectivity index (χ3n) is 0.107. The first kappa shape index (κ1) is 1.26. The molecular formula is C2H5NO2. The molecule has 0 aromatic rings. The van der Waals surface area contributed by atoms with E-state index in [0.717, 1.165) is 0 Å². The minimum Gasteiger partial charge on any atom is -0.374 e. The first-order valence-electron chi connectivity index (χ1n) is 2.43. The van der Waals surface area contributed by atoms with E-state index in [4.69, 9.17) is 4.11 Å². The molecule has 0 aliphatic heterocycles. The van der Waals surface area contributed by atoms with Crippen molar-refractivity contribution >= 4 is 6.47 Å². The molecule has 0 radical (unpaired) electrons. The molecule has 3 heteroatoms. The first-order valence-corrected chi connectivity index (χ1v) is 0.926. The lowest BCUT2D eigenvalue weighted by Crippen LogP contribution is -2.03. The molecule has 3 nitrogen and oxygen atoms in total. The van der Waals surface area contributed by atoms with Gasteiger partial charge in [-0.25, -0.2) is 0 Å². The molecule has 5 heavy (non-hydrogen) atoms. The third-order valence-corrected chi connectivity index (χ3v) is 0.107. The molecule has 30 valence electrons. The van der Waals surface area contributed by atoms with Crippen molar-refractivity contribution in [2.45, 2.75) is 0 Å². The molecule has 1 N–H and O–H groups in total. The fourth-order valence-corrected chi connectivity index (χ4v) is 0.0241. The highest BCUT2D eigenvalue weighted by molar-refractivity contribution is 5.36. The Balaban J connectivity index is 3.24. The summed E-state index contributed by atoms with van der Waals surface area (Å²) in [5.41, 5.74) is 1.50.